The molecular formula is C18H14N4O. The highest BCUT2D eigenvalue weighted by molar-refractivity contribution is 6.09. The van der Waals surface area contributed by atoms with E-state index in [1.807, 2.05) is 32.1 Å². The molecule has 0 bridgehead atoms. The average molecular weight is 302 g/mol. The van der Waals surface area contributed by atoms with Gasteiger partial charge in [0.1, 0.15) is 0 Å². The molecule has 2 aromatic heterocycles. The second-order valence-electron chi connectivity index (χ2n) is 6.19. The number of hydrogen-bond acceptors (Lipinski definition) is 3. The first-order chi connectivity index (χ1) is 11.1. The van der Waals surface area contributed by atoms with Crippen LogP contribution in [-0.2, 0) is 4.79 Å². The van der Waals surface area contributed by atoms with Gasteiger partial charge in [-0.15, -0.1) is 5.10 Å². The van der Waals surface area contributed by atoms with Crippen molar-refractivity contribution in [2.24, 2.45) is 0 Å². The molecule has 1 N–H and O–H groups in total. The van der Waals surface area contributed by atoms with Crippen LogP contribution in [0, 0.1) is 13.8 Å². The van der Waals surface area contributed by atoms with E-state index >= 15 is 0 Å². The lowest BCUT2D eigenvalue weighted by Crippen LogP contribution is -2.14. The third-order valence-corrected chi connectivity index (χ3v) is 4.49. The fourth-order valence-electron chi connectivity index (χ4n) is 3.37. The van der Waals surface area contributed by atoms with Crippen molar-refractivity contribution in [1.82, 2.24) is 14.6 Å². The zero-order chi connectivity index (χ0) is 15.7. The first kappa shape index (κ1) is 12.6. The van der Waals surface area contributed by atoms with E-state index in [2.05, 4.69) is 21.5 Å². The molecule has 112 valence electrons. The molecule has 5 rings (SSSR count). The first-order valence-corrected chi connectivity index (χ1v) is 7.62. The highest BCUT2D eigenvalue weighted by atomic mass is 16.1. The molecule has 0 aromatic carbocycles. The number of aryl methyl sites for hydroxylation is 2. The third-order valence-electron chi connectivity index (χ3n) is 4.49. The number of carbonyl (C=O) groups excluding carboxylic acids is 1. The Balaban J connectivity index is 1.49. The summed E-state index contributed by atoms with van der Waals surface area (Å²) in [5, 5.41) is 7.31. The van der Waals surface area contributed by atoms with Gasteiger partial charge in [-0.25, -0.2) is 9.50 Å². The Morgan fingerprint density at radius 3 is 2.96 bits per heavy atom. The molecule has 0 spiro atoms. The summed E-state index contributed by atoms with van der Waals surface area (Å²) < 4.78 is 1.74. The Morgan fingerprint density at radius 1 is 1.22 bits per heavy atom. The largest absolute Gasteiger partial charge is 0.305 e. The smallest absolute Gasteiger partial charge is 0.257 e. The van der Waals surface area contributed by atoms with E-state index in [4.69, 9.17) is 0 Å². The molecule has 5 nitrogen and oxygen atoms in total. The van der Waals surface area contributed by atoms with Crippen molar-refractivity contribution in [3.8, 4) is 0 Å². The summed E-state index contributed by atoms with van der Waals surface area (Å²) in [6, 6.07) is 3.76. The standard InChI is InChI=1S/C18H14N4O/c1-9-5-10(2)22-17(19-9)8-16(21-22)20-18(23)13-4-3-12-14-6-11(14)7-15(12)13/h3-5,7-8H,6H2,1-2H3,(H,20,21,23). The number of nitrogens with zero attached hydrogens (tertiary/aromatic N) is 3. The van der Waals surface area contributed by atoms with E-state index < -0.39 is 0 Å². The normalized spacial score (nSPS) is 17.7. The average Bonchev–Trinajstić information content (AvgIpc) is 2.85. The molecule has 2 heterocycles. The van der Waals surface area contributed by atoms with Gasteiger partial charge in [0.05, 0.1) is 0 Å². The van der Waals surface area contributed by atoms with Gasteiger partial charge in [0.15, 0.2) is 11.5 Å². The van der Waals surface area contributed by atoms with Crippen LogP contribution in [0.3, 0.4) is 0 Å². The van der Waals surface area contributed by atoms with Crippen LogP contribution in [0.15, 0.2) is 58.2 Å². The highest BCUT2D eigenvalue weighted by Gasteiger charge is 2.35. The summed E-state index contributed by atoms with van der Waals surface area (Å²) in [7, 11) is 0. The van der Waals surface area contributed by atoms with Gasteiger partial charge in [-0.1, -0.05) is 6.08 Å². The molecular weight excluding hydrogens is 288 g/mol. The molecule has 2 aromatic rings. The van der Waals surface area contributed by atoms with Gasteiger partial charge >= 0.3 is 0 Å². The highest BCUT2D eigenvalue weighted by Crippen LogP contribution is 2.51. The molecule has 1 fully saturated rings. The summed E-state index contributed by atoms with van der Waals surface area (Å²) in [5.41, 5.74) is 8.40. The summed E-state index contributed by atoms with van der Waals surface area (Å²) in [6.07, 6.45) is 7.13. The topological polar surface area (TPSA) is 59.3 Å². The van der Waals surface area contributed by atoms with Crippen LogP contribution in [0.2, 0.25) is 0 Å². The van der Waals surface area contributed by atoms with Gasteiger partial charge in [-0.3, -0.25) is 4.79 Å². The number of anilines is 1. The lowest BCUT2D eigenvalue weighted by atomic mass is 10.1. The SMILES string of the molecule is Cc1cc(C)n2nc(NC(=O)C3=C4C=C5CC5=C4C=C3)cc2n1. The lowest BCUT2D eigenvalue weighted by molar-refractivity contribution is -0.112. The van der Waals surface area contributed by atoms with E-state index in [1.165, 1.54) is 16.7 Å². The number of fused-ring (bicyclic) bond motifs is 3. The Bertz CT molecular complexity index is 1050. The van der Waals surface area contributed by atoms with Gasteiger partial charge in [0.2, 0.25) is 0 Å². The molecule has 3 aliphatic rings. The monoisotopic (exact) mass is 302 g/mol. The zero-order valence-corrected chi connectivity index (χ0v) is 12.8. The number of hydrogen-bond donors (Lipinski definition) is 1. The van der Waals surface area contributed by atoms with E-state index in [0.29, 0.717) is 11.4 Å². The Morgan fingerprint density at radius 2 is 2.09 bits per heavy atom. The van der Waals surface area contributed by atoms with Crippen LogP contribution in [0.4, 0.5) is 5.82 Å². The summed E-state index contributed by atoms with van der Waals surface area (Å²) in [4.78, 5) is 17.0. The van der Waals surface area contributed by atoms with Crippen LogP contribution in [0.1, 0.15) is 17.8 Å². The van der Waals surface area contributed by atoms with Crippen LogP contribution in [-0.4, -0.2) is 20.5 Å². The first-order valence-electron chi connectivity index (χ1n) is 7.62. The molecule has 3 aliphatic carbocycles. The van der Waals surface area contributed by atoms with E-state index in [1.54, 1.807) is 10.6 Å². The van der Waals surface area contributed by atoms with E-state index in [-0.39, 0.29) is 5.91 Å². The van der Waals surface area contributed by atoms with Crippen LogP contribution < -0.4 is 5.32 Å². The lowest BCUT2D eigenvalue weighted by Gasteiger charge is -2.03. The molecule has 23 heavy (non-hydrogen) atoms. The van der Waals surface area contributed by atoms with E-state index in [9.17, 15) is 4.79 Å². The summed E-state index contributed by atoms with van der Waals surface area (Å²) >= 11 is 0. The van der Waals surface area contributed by atoms with Gasteiger partial charge in [0, 0.05) is 23.0 Å². The predicted molar refractivity (Wildman–Crippen MR) is 87.0 cm³/mol. The maximum absolute atomic E-state index is 12.6. The second-order valence-corrected chi connectivity index (χ2v) is 6.19. The fraction of sp³-hybridized carbons (Fsp3) is 0.167. The minimum Gasteiger partial charge on any atom is -0.305 e. The number of amides is 1. The Labute approximate surface area is 132 Å². The third kappa shape index (κ3) is 1.76. The Kier molecular flexibility index (Phi) is 2.23. The number of aromatic nitrogens is 3. The van der Waals surface area contributed by atoms with E-state index in [0.717, 1.165) is 29.0 Å². The van der Waals surface area contributed by atoms with Crippen molar-refractivity contribution < 1.29 is 4.79 Å². The van der Waals surface area contributed by atoms with Crippen molar-refractivity contribution in [3.63, 3.8) is 0 Å². The van der Waals surface area contributed by atoms with Crippen molar-refractivity contribution in [3.05, 3.63) is 69.6 Å². The Hall–Kier alpha value is -2.95. The number of nitrogens with one attached hydrogen (secondary N) is 1. The fourth-order valence-corrected chi connectivity index (χ4v) is 3.37. The van der Waals surface area contributed by atoms with Crippen LogP contribution >= 0.6 is 0 Å². The number of carbonyl (C=O) groups is 1. The number of rotatable bonds is 2. The summed E-state index contributed by atoms with van der Waals surface area (Å²) in [6.45, 7) is 3.92. The van der Waals surface area contributed by atoms with Crippen molar-refractivity contribution in [2.45, 2.75) is 20.3 Å². The minimum atomic E-state index is -0.122. The molecule has 0 radical (unpaired) electrons. The van der Waals surface area contributed by atoms with Crippen molar-refractivity contribution in [1.29, 1.82) is 0 Å². The quantitative estimate of drug-likeness (QED) is 0.928. The number of allylic oxidation sites excluding steroid dienone is 6. The maximum atomic E-state index is 12.6. The molecule has 1 saturated carbocycles. The van der Waals surface area contributed by atoms with Crippen LogP contribution in [0.25, 0.3) is 5.65 Å². The molecule has 0 saturated heterocycles. The van der Waals surface area contributed by atoms with Gasteiger partial charge in [0.25, 0.3) is 5.91 Å². The van der Waals surface area contributed by atoms with Gasteiger partial charge < -0.3 is 5.32 Å². The van der Waals surface area contributed by atoms with Crippen molar-refractivity contribution in [2.75, 3.05) is 5.32 Å². The maximum Gasteiger partial charge on any atom is 0.257 e. The van der Waals surface area contributed by atoms with Gasteiger partial charge in [-0.05, 0) is 60.8 Å². The summed E-state index contributed by atoms with van der Waals surface area (Å²) in [5.74, 6) is 0.400. The molecule has 0 aliphatic heterocycles. The molecule has 1 amide bonds. The van der Waals surface area contributed by atoms with Crippen molar-refractivity contribution >= 4 is 17.4 Å². The van der Waals surface area contributed by atoms with Gasteiger partial charge in [-0.2, -0.15) is 0 Å². The molecule has 5 heteroatoms. The molecule has 0 atom stereocenters. The second kappa shape index (κ2) is 4.07. The zero-order valence-electron chi connectivity index (χ0n) is 12.8. The van der Waals surface area contributed by atoms with Crippen LogP contribution in [0.5, 0.6) is 0 Å². The predicted octanol–water partition coefficient (Wildman–Crippen LogP) is 2.79. The minimum absolute atomic E-state index is 0.122. The molecule has 0 unspecified atom stereocenters.